The first-order valence-corrected chi connectivity index (χ1v) is 13.2. The smallest absolute Gasteiger partial charge is 0.306 e. The number of aliphatic hydroxyl groups excluding tert-OH is 1. The van der Waals surface area contributed by atoms with Crippen molar-refractivity contribution < 1.29 is 28.9 Å². The van der Waals surface area contributed by atoms with Crippen molar-refractivity contribution >= 4 is 11.8 Å². The normalized spacial score (nSPS) is 41.2. The molecule has 0 aromatic rings. The van der Waals surface area contributed by atoms with Gasteiger partial charge in [-0.25, -0.2) is 0 Å². The third-order valence-electron chi connectivity index (χ3n) is 8.73. The third kappa shape index (κ3) is 6.05. The maximum atomic E-state index is 13.4. The lowest BCUT2D eigenvalue weighted by Crippen LogP contribution is -2.42. The summed E-state index contributed by atoms with van der Waals surface area (Å²) in [6.07, 6.45) is 7.76. The summed E-state index contributed by atoms with van der Waals surface area (Å²) >= 11 is 0. The molecular formula is C29H45NO6. The predicted molar refractivity (Wildman–Crippen MR) is 139 cm³/mol. The Morgan fingerprint density at radius 2 is 1.83 bits per heavy atom. The minimum absolute atomic E-state index is 0.0434. The molecule has 202 valence electrons. The van der Waals surface area contributed by atoms with Crippen LogP contribution < -0.4 is 0 Å². The molecule has 1 fully saturated rings. The summed E-state index contributed by atoms with van der Waals surface area (Å²) in [6.45, 7) is 15.3. The zero-order chi connectivity index (χ0) is 27.0. The molecule has 7 nitrogen and oxygen atoms in total. The van der Waals surface area contributed by atoms with Gasteiger partial charge in [-0.15, -0.1) is 0 Å². The monoisotopic (exact) mass is 503 g/mol. The highest BCUT2D eigenvalue weighted by atomic mass is 16.6. The number of hydrogen-bond donors (Lipinski definition) is 1. The minimum atomic E-state index is -0.796. The Hall–Kier alpha value is -2.12. The van der Waals surface area contributed by atoms with Gasteiger partial charge in [0.05, 0.1) is 23.5 Å². The number of esters is 1. The molecule has 3 rings (SSSR count). The first kappa shape index (κ1) is 28.5. The molecule has 3 heterocycles. The van der Waals surface area contributed by atoms with E-state index in [9.17, 15) is 14.7 Å². The van der Waals surface area contributed by atoms with Gasteiger partial charge in [0.25, 0.3) is 0 Å². The van der Waals surface area contributed by atoms with E-state index in [1.807, 2.05) is 71.7 Å². The molecular weight excluding hydrogens is 458 g/mol. The van der Waals surface area contributed by atoms with Crippen molar-refractivity contribution in [3.05, 3.63) is 35.8 Å². The highest BCUT2D eigenvalue weighted by Crippen LogP contribution is 2.44. The second-order valence-corrected chi connectivity index (χ2v) is 11.9. The summed E-state index contributed by atoms with van der Waals surface area (Å²) in [6, 6.07) is 0. The number of ketones is 1. The molecule has 1 saturated heterocycles. The quantitative estimate of drug-likeness (QED) is 0.330. The summed E-state index contributed by atoms with van der Waals surface area (Å²) in [5, 5.41) is 10.9. The van der Waals surface area contributed by atoms with Gasteiger partial charge in [0.15, 0.2) is 6.23 Å². The molecule has 0 aromatic heterocycles. The van der Waals surface area contributed by atoms with Crippen LogP contribution in [0.4, 0.5) is 0 Å². The molecule has 36 heavy (non-hydrogen) atoms. The summed E-state index contributed by atoms with van der Waals surface area (Å²) in [7, 11) is 1.96. The number of cyclic esters (lactones) is 1. The number of likely N-dealkylation sites (N-methyl/N-ethyl adjacent to an activating group) is 1. The molecule has 3 aliphatic heterocycles. The van der Waals surface area contributed by atoms with Crippen LogP contribution in [0.15, 0.2) is 35.8 Å². The number of aliphatic hydroxyl groups is 1. The van der Waals surface area contributed by atoms with Gasteiger partial charge in [0, 0.05) is 37.1 Å². The van der Waals surface area contributed by atoms with Crippen molar-refractivity contribution in [2.75, 3.05) is 7.05 Å². The standard InChI is InChI=1S/C29H45NO6/c1-17-11-10-12-29(8)24(36-29)15-23(18(2)13-22-16-34-21(5)30(22)9)35-25(31)14-19(3)28(6,7)27(33)20(4)26(17)32/h10-11,13,16-17,19-21,23-24,26,32H,12,14-15H2,1-9H3/b11-10+,18-13+/t17-,19-,20+,21?,23-,24?,26-,29?/m0/s1. The molecule has 0 saturated carbocycles. The number of nitrogens with zero attached hydrogens (tertiary/aromatic N) is 1. The number of ether oxygens (including phenoxy) is 3. The number of hydrogen-bond acceptors (Lipinski definition) is 7. The number of rotatable bonds is 2. The predicted octanol–water partition coefficient (Wildman–Crippen LogP) is 4.76. The molecule has 0 aromatic carbocycles. The molecule has 0 bridgehead atoms. The summed E-state index contributed by atoms with van der Waals surface area (Å²) in [5.74, 6) is -1.36. The van der Waals surface area contributed by atoms with Crippen LogP contribution in [0.1, 0.15) is 74.7 Å². The Morgan fingerprint density at radius 3 is 2.44 bits per heavy atom. The molecule has 0 spiro atoms. The van der Waals surface area contributed by atoms with Crippen LogP contribution in [0.5, 0.6) is 0 Å². The maximum Gasteiger partial charge on any atom is 0.306 e. The molecule has 8 atom stereocenters. The lowest BCUT2D eigenvalue weighted by Gasteiger charge is -2.35. The molecule has 1 N–H and O–H groups in total. The second kappa shape index (κ2) is 10.7. The topological polar surface area (TPSA) is 88.6 Å². The summed E-state index contributed by atoms with van der Waals surface area (Å²) in [5.41, 5.74) is 0.707. The Labute approximate surface area is 216 Å². The van der Waals surface area contributed by atoms with Crippen molar-refractivity contribution in [1.82, 2.24) is 4.90 Å². The highest BCUT2D eigenvalue weighted by Gasteiger charge is 2.52. The van der Waals surface area contributed by atoms with Gasteiger partial charge in [-0.1, -0.05) is 46.8 Å². The van der Waals surface area contributed by atoms with E-state index in [0.717, 1.165) is 11.3 Å². The summed E-state index contributed by atoms with van der Waals surface area (Å²) in [4.78, 5) is 28.5. The number of Topliss-reactive ketones (excluding diaryl/α,β-unsaturated/α-hetero) is 1. The van der Waals surface area contributed by atoms with Crippen molar-refractivity contribution in [1.29, 1.82) is 0 Å². The summed E-state index contributed by atoms with van der Waals surface area (Å²) < 4.78 is 17.7. The van der Waals surface area contributed by atoms with Crippen molar-refractivity contribution in [2.24, 2.45) is 23.2 Å². The Morgan fingerprint density at radius 1 is 1.17 bits per heavy atom. The van der Waals surface area contributed by atoms with Crippen LogP contribution in [0.3, 0.4) is 0 Å². The van der Waals surface area contributed by atoms with Crippen LogP contribution in [0.25, 0.3) is 0 Å². The van der Waals surface area contributed by atoms with Crippen LogP contribution in [0, 0.1) is 23.2 Å². The average Bonchev–Trinajstić information content (AvgIpc) is 3.34. The van der Waals surface area contributed by atoms with Gasteiger partial charge in [0.1, 0.15) is 18.1 Å². The SMILES string of the molecule is C/C(=C\C1=COC(C)N1C)[C@@H]1CC2OC2(C)C/C=C/[C@H](C)[C@H](O)[C@@H](C)C(=O)C(C)(C)[C@@H](C)CC(=O)O1. The van der Waals surface area contributed by atoms with Gasteiger partial charge in [-0.3, -0.25) is 9.59 Å². The van der Waals surface area contributed by atoms with E-state index in [2.05, 4.69) is 6.92 Å². The zero-order valence-electron chi connectivity index (χ0n) is 23.4. The van der Waals surface area contributed by atoms with Gasteiger partial charge >= 0.3 is 5.97 Å². The molecule has 0 amide bonds. The van der Waals surface area contributed by atoms with Crippen LogP contribution >= 0.6 is 0 Å². The number of carbonyl (C=O) groups is 2. The number of epoxide rings is 1. The Kier molecular flexibility index (Phi) is 8.46. The van der Waals surface area contributed by atoms with E-state index in [-0.39, 0.29) is 47.9 Å². The minimum Gasteiger partial charge on any atom is -0.476 e. The van der Waals surface area contributed by atoms with Gasteiger partial charge in [0.2, 0.25) is 0 Å². The van der Waals surface area contributed by atoms with Gasteiger partial charge in [-0.05, 0) is 44.8 Å². The van der Waals surface area contributed by atoms with Crippen LogP contribution in [0.2, 0.25) is 0 Å². The zero-order valence-corrected chi connectivity index (χ0v) is 23.4. The van der Waals surface area contributed by atoms with E-state index >= 15 is 0 Å². The molecule has 7 heteroatoms. The van der Waals surface area contributed by atoms with Crippen LogP contribution in [-0.2, 0) is 23.8 Å². The first-order valence-electron chi connectivity index (χ1n) is 13.2. The van der Waals surface area contributed by atoms with Crippen molar-refractivity contribution in [3.8, 4) is 0 Å². The Bertz CT molecular complexity index is 936. The van der Waals surface area contributed by atoms with Gasteiger partial charge < -0.3 is 24.2 Å². The van der Waals surface area contributed by atoms with E-state index in [1.54, 1.807) is 13.2 Å². The number of carbonyl (C=O) groups excluding carboxylic acids is 2. The van der Waals surface area contributed by atoms with Gasteiger partial charge in [-0.2, -0.15) is 0 Å². The molecule has 0 radical (unpaired) electrons. The van der Waals surface area contributed by atoms with E-state index in [4.69, 9.17) is 14.2 Å². The molecule has 3 unspecified atom stereocenters. The van der Waals surface area contributed by atoms with E-state index < -0.39 is 23.5 Å². The fraction of sp³-hybridized carbons (Fsp3) is 0.724. The molecule has 3 aliphatic rings. The highest BCUT2D eigenvalue weighted by molar-refractivity contribution is 5.87. The van der Waals surface area contributed by atoms with Crippen LogP contribution in [-0.4, -0.2) is 58.9 Å². The lowest BCUT2D eigenvalue weighted by atomic mass is 9.69. The number of fused-ring (bicyclic) bond motifs is 1. The Balaban J connectivity index is 1.88. The van der Waals surface area contributed by atoms with Crippen molar-refractivity contribution in [3.63, 3.8) is 0 Å². The second-order valence-electron chi connectivity index (χ2n) is 11.9. The average molecular weight is 504 g/mol. The maximum absolute atomic E-state index is 13.4. The first-order chi connectivity index (χ1) is 16.7. The largest absolute Gasteiger partial charge is 0.476 e. The fourth-order valence-electron chi connectivity index (χ4n) is 5.09. The fourth-order valence-corrected chi connectivity index (χ4v) is 5.09. The number of allylic oxidation sites excluding steroid dienone is 1. The lowest BCUT2D eigenvalue weighted by molar-refractivity contribution is -0.151. The third-order valence-corrected chi connectivity index (χ3v) is 8.73. The van der Waals surface area contributed by atoms with E-state index in [1.165, 1.54) is 0 Å². The van der Waals surface area contributed by atoms with Crippen molar-refractivity contribution in [2.45, 2.75) is 105 Å². The molecule has 0 aliphatic carbocycles. The van der Waals surface area contributed by atoms with E-state index in [0.29, 0.717) is 12.8 Å².